The second-order valence-corrected chi connectivity index (χ2v) is 6.90. The number of halogens is 2. The summed E-state index contributed by atoms with van der Waals surface area (Å²) in [6.45, 7) is 0. The molecule has 2 aromatic carbocycles. The molecule has 0 atom stereocenters. The van der Waals surface area contributed by atoms with Crippen molar-refractivity contribution in [1.82, 2.24) is 9.97 Å². The Balaban J connectivity index is 0.000000253. The number of rotatable bonds is 6. The van der Waals surface area contributed by atoms with Crippen LogP contribution in [-0.2, 0) is 16.5 Å². The van der Waals surface area contributed by atoms with E-state index in [9.17, 15) is 8.78 Å². The smallest absolute Gasteiger partial charge is 0.577 e. The maximum Gasteiger partial charge on any atom is 2.00 e. The van der Waals surface area contributed by atoms with Crippen LogP contribution in [0.25, 0.3) is 0 Å². The number of pyridine rings is 2. The number of aromatic nitrogens is 2. The van der Waals surface area contributed by atoms with Crippen molar-refractivity contribution in [2.75, 3.05) is 0 Å². The van der Waals surface area contributed by atoms with E-state index in [0.717, 1.165) is 0 Å². The first-order valence-corrected chi connectivity index (χ1v) is 10.5. The van der Waals surface area contributed by atoms with E-state index in [4.69, 9.17) is 10.2 Å². The van der Waals surface area contributed by atoms with Crippen LogP contribution >= 0.6 is 0 Å². The minimum Gasteiger partial charge on any atom is -0.577 e. The summed E-state index contributed by atoms with van der Waals surface area (Å²) in [5.74, 6) is -0.728. The molecule has 0 saturated heterocycles. The maximum atomic E-state index is 13.2. The summed E-state index contributed by atoms with van der Waals surface area (Å²) in [5.41, 5.74) is 1.89. The molecule has 8 nitrogen and oxygen atoms in total. The standard InChI is InChI=1S/2C13H10FN3O.Ni/c2*14-12-4-2-1-3-11(12)9-16-17-13(18)10-5-7-15-8-6-10;/h2*1-9H,(H,17,18);/q;;+2/p+2. The Morgan fingerprint density at radius 1 is 0.595 bits per heavy atom. The summed E-state index contributed by atoms with van der Waals surface area (Å²) in [6, 6.07) is 19.1. The van der Waals surface area contributed by atoms with Gasteiger partial charge in [0.25, 0.3) is 0 Å². The molecule has 0 saturated carbocycles. The van der Waals surface area contributed by atoms with E-state index in [1.807, 2.05) is 0 Å². The van der Waals surface area contributed by atoms with Gasteiger partial charge in [-0.1, -0.05) is 46.6 Å². The van der Waals surface area contributed by atoms with Crippen LogP contribution in [0.2, 0.25) is 0 Å². The van der Waals surface area contributed by atoms with Crippen molar-refractivity contribution in [3.05, 3.63) is 131 Å². The molecule has 2 aromatic heterocycles. The van der Waals surface area contributed by atoms with Gasteiger partial charge in [-0.3, -0.25) is 9.97 Å². The van der Waals surface area contributed by atoms with Gasteiger partial charge in [0.1, 0.15) is 11.6 Å². The topological polar surface area (TPSA) is 121 Å². The zero-order chi connectivity index (χ0) is 25.6. The van der Waals surface area contributed by atoms with Gasteiger partial charge < -0.3 is 10.2 Å². The largest absolute Gasteiger partial charge is 2.00 e. The second kappa shape index (κ2) is 15.4. The van der Waals surface area contributed by atoms with E-state index >= 15 is 0 Å². The van der Waals surface area contributed by atoms with Gasteiger partial charge >= 0.3 is 28.3 Å². The van der Waals surface area contributed by atoms with E-state index < -0.39 is 0 Å². The van der Waals surface area contributed by atoms with Crippen LogP contribution in [0.5, 0.6) is 0 Å². The van der Waals surface area contributed by atoms with Crippen LogP contribution in [0.3, 0.4) is 0 Å². The summed E-state index contributed by atoms with van der Waals surface area (Å²) in [6.07, 6.45) is 8.84. The first kappa shape index (κ1) is 28.6. The summed E-state index contributed by atoms with van der Waals surface area (Å²) < 4.78 is 26.5. The minimum absolute atomic E-state index is 0. The van der Waals surface area contributed by atoms with Crippen LogP contribution in [0.1, 0.15) is 22.3 Å². The molecule has 4 aromatic rings. The van der Waals surface area contributed by atoms with Gasteiger partial charge in [-0.25, -0.2) is 8.78 Å². The number of nitrogens with zero attached hydrogens (tertiary/aromatic N) is 6. The Morgan fingerprint density at radius 3 is 1.30 bits per heavy atom. The van der Waals surface area contributed by atoms with E-state index in [0.29, 0.717) is 22.3 Å². The summed E-state index contributed by atoms with van der Waals surface area (Å²) in [5, 5.41) is 30.1. The van der Waals surface area contributed by atoms with Crippen LogP contribution in [0.4, 0.5) is 8.78 Å². The minimum atomic E-state index is -0.369. The van der Waals surface area contributed by atoms with Gasteiger partial charge in [0.2, 0.25) is 0 Å². The SMILES string of the molecule is [Ni+2].[OH2+]C(=NN=Cc1ccccc1F)c1ccncc1.[OH2+]C(=NN=Cc1ccccc1F)c1ccncc1. The number of hydrogen-bond acceptors (Lipinski definition) is 6. The molecule has 0 radical (unpaired) electrons. The molecule has 11 heteroatoms. The van der Waals surface area contributed by atoms with Crippen molar-refractivity contribution in [3.63, 3.8) is 0 Å². The summed E-state index contributed by atoms with van der Waals surface area (Å²) in [7, 11) is 0. The molecule has 0 spiro atoms. The van der Waals surface area contributed by atoms with Crippen LogP contribution in [-0.4, -0.2) is 44.4 Å². The number of hydrogen-bond donors (Lipinski definition) is 0. The van der Waals surface area contributed by atoms with Crippen molar-refractivity contribution >= 4 is 24.2 Å². The van der Waals surface area contributed by atoms with Gasteiger partial charge in [0, 0.05) is 35.9 Å². The molecule has 0 aliphatic carbocycles. The average Bonchev–Trinajstić information content (AvgIpc) is 2.92. The van der Waals surface area contributed by atoms with Gasteiger partial charge in [0.05, 0.1) is 23.6 Å². The van der Waals surface area contributed by atoms with Crippen molar-refractivity contribution in [1.29, 1.82) is 0 Å². The molecular weight excluding hydrogens is 525 g/mol. The average molecular weight is 547 g/mol. The second-order valence-electron chi connectivity index (χ2n) is 6.90. The summed E-state index contributed by atoms with van der Waals surface area (Å²) >= 11 is 0. The van der Waals surface area contributed by atoms with E-state index in [-0.39, 0.29) is 39.9 Å². The molecule has 4 N–H and O–H groups in total. The van der Waals surface area contributed by atoms with Crippen molar-refractivity contribution in [2.45, 2.75) is 0 Å². The van der Waals surface area contributed by atoms with E-state index in [1.54, 1.807) is 85.5 Å². The Kier molecular flexibility index (Phi) is 11.9. The first-order chi connectivity index (χ1) is 17.5. The molecule has 188 valence electrons. The van der Waals surface area contributed by atoms with Crippen LogP contribution in [0, 0.1) is 11.6 Å². The van der Waals surface area contributed by atoms with Gasteiger partial charge in [-0.15, -0.1) is 0 Å². The van der Waals surface area contributed by atoms with Gasteiger partial charge in [-0.2, -0.15) is 10.2 Å². The number of benzene rings is 2. The summed E-state index contributed by atoms with van der Waals surface area (Å²) in [4.78, 5) is 7.68. The van der Waals surface area contributed by atoms with Crippen LogP contribution in [0.15, 0.2) is 118 Å². The zero-order valence-corrected chi connectivity index (χ0v) is 20.1. The van der Waals surface area contributed by atoms with Crippen molar-refractivity contribution in [2.24, 2.45) is 20.4 Å². The molecule has 0 unspecified atom stereocenters. The van der Waals surface area contributed by atoms with Gasteiger partial charge in [0.15, 0.2) is 0 Å². The third-order valence-electron chi connectivity index (χ3n) is 4.43. The normalized spacial score (nSPS) is 11.6. The fourth-order valence-electron chi connectivity index (χ4n) is 2.59. The van der Waals surface area contributed by atoms with Gasteiger partial charge in [-0.05, 0) is 36.4 Å². The monoisotopic (exact) mass is 546 g/mol. The molecule has 4 rings (SSSR count). The van der Waals surface area contributed by atoms with Crippen LogP contribution < -0.4 is 0 Å². The first-order valence-electron chi connectivity index (χ1n) is 10.5. The molecule has 37 heavy (non-hydrogen) atoms. The quantitative estimate of drug-likeness (QED) is 0.121. The molecule has 0 bridgehead atoms. The third kappa shape index (κ3) is 9.50. The predicted octanol–water partition coefficient (Wildman–Crippen LogP) is 3.45. The molecule has 0 aliphatic heterocycles. The molecular formula is C26H22F2N6NiO2+4. The van der Waals surface area contributed by atoms with Crippen molar-refractivity contribution < 1.29 is 35.5 Å². The fourth-order valence-corrected chi connectivity index (χ4v) is 2.59. The Morgan fingerprint density at radius 2 is 0.946 bits per heavy atom. The Labute approximate surface area is 221 Å². The predicted molar refractivity (Wildman–Crippen MR) is 137 cm³/mol. The fraction of sp³-hybridized carbons (Fsp3) is 0. The molecule has 0 amide bonds. The Hall–Kier alpha value is -4.63. The molecule has 2 heterocycles. The molecule has 0 aliphatic rings. The van der Waals surface area contributed by atoms with E-state index in [1.165, 1.54) is 24.6 Å². The maximum absolute atomic E-state index is 13.2. The zero-order valence-electron chi connectivity index (χ0n) is 19.1. The van der Waals surface area contributed by atoms with Crippen molar-refractivity contribution in [3.8, 4) is 0 Å². The third-order valence-corrected chi connectivity index (χ3v) is 4.43. The molecule has 0 fully saturated rings. The van der Waals surface area contributed by atoms with E-state index in [2.05, 4.69) is 30.4 Å². The Bertz CT molecular complexity index is 1280.